The molecular weight excluding hydrogens is 428 g/mol. The van der Waals surface area contributed by atoms with E-state index in [9.17, 15) is 22.8 Å². The minimum atomic E-state index is -4.56. The van der Waals surface area contributed by atoms with E-state index in [0.717, 1.165) is 0 Å². The molecule has 1 amide bonds. The maximum absolute atomic E-state index is 12.4. The fraction of sp³-hybridized carbons (Fsp3) is 0.550. The van der Waals surface area contributed by atoms with Gasteiger partial charge in [0, 0.05) is 0 Å². The summed E-state index contributed by atoms with van der Waals surface area (Å²) in [4.78, 5) is 36.4. The summed E-state index contributed by atoms with van der Waals surface area (Å²) in [5.74, 6) is -1.82. The van der Waals surface area contributed by atoms with Crippen molar-refractivity contribution in [3.8, 4) is 0 Å². The number of ether oxygens (including phenoxy) is 3. The van der Waals surface area contributed by atoms with Gasteiger partial charge in [0.05, 0.1) is 6.42 Å². The van der Waals surface area contributed by atoms with Crippen LogP contribution in [-0.2, 0) is 40.6 Å². The smallest absolute Gasteiger partial charge is 0.422 e. The van der Waals surface area contributed by atoms with Crippen molar-refractivity contribution in [1.29, 1.82) is 0 Å². The molecule has 0 bridgehead atoms. The molecular formula is C20H30N2O8S. The zero-order chi connectivity index (χ0) is 23.9. The summed E-state index contributed by atoms with van der Waals surface area (Å²) in [6, 6.07) is 7.01. The summed E-state index contributed by atoms with van der Waals surface area (Å²) in [5, 5.41) is 0. The van der Waals surface area contributed by atoms with E-state index >= 15 is 0 Å². The van der Waals surface area contributed by atoms with Crippen LogP contribution >= 0.6 is 0 Å². The molecule has 2 N–H and O–H groups in total. The number of hydrogen-bond donors (Lipinski definition) is 2. The first-order valence-corrected chi connectivity index (χ1v) is 11.0. The highest BCUT2D eigenvalue weighted by Gasteiger charge is 2.33. The number of rotatable bonds is 8. The monoisotopic (exact) mass is 458 g/mol. The SMILES string of the molecule is CC(C)(C)OC(=O)C[C@H](NS(=O)(=O)NC(=O)OCc1ccccc1)C(=O)OC(C)(C)C. The molecule has 0 fully saturated rings. The van der Waals surface area contributed by atoms with Gasteiger partial charge in [-0.1, -0.05) is 30.3 Å². The number of benzene rings is 1. The maximum Gasteiger partial charge on any atom is 0.422 e. The van der Waals surface area contributed by atoms with Crippen LogP contribution in [0.1, 0.15) is 53.5 Å². The zero-order valence-corrected chi connectivity index (χ0v) is 19.4. The second kappa shape index (κ2) is 10.6. The summed E-state index contributed by atoms with van der Waals surface area (Å²) in [6.07, 6.45) is -1.89. The van der Waals surface area contributed by atoms with E-state index in [1.54, 1.807) is 76.6 Å². The first kappa shape index (κ1) is 26.4. The van der Waals surface area contributed by atoms with Crippen molar-refractivity contribution in [2.45, 2.75) is 71.8 Å². The molecule has 11 heteroatoms. The fourth-order valence-corrected chi connectivity index (χ4v) is 3.07. The highest BCUT2D eigenvalue weighted by Crippen LogP contribution is 2.13. The van der Waals surface area contributed by atoms with Crippen molar-refractivity contribution < 1.29 is 37.0 Å². The molecule has 0 aliphatic heterocycles. The molecule has 1 aromatic carbocycles. The number of hydrogen-bond acceptors (Lipinski definition) is 8. The molecule has 0 saturated carbocycles. The van der Waals surface area contributed by atoms with Crippen LogP contribution in [0.4, 0.5) is 4.79 Å². The second-order valence-corrected chi connectivity index (χ2v) is 10.1. The Morgan fingerprint density at radius 1 is 0.935 bits per heavy atom. The van der Waals surface area contributed by atoms with Crippen molar-refractivity contribution in [3.05, 3.63) is 35.9 Å². The molecule has 0 aromatic heterocycles. The van der Waals surface area contributed by atoms with Gasteiger partial charge < -0.3 is 14.2 Å². The molecule has 0 unspecified atom stereocenters. The zero-order valence-electron chi connectivity index (χ0n) is 18.6. The topological polar surface area (TPSA) is 137 Å². The average Bonchev–Trinajstić information content (AvgIpc) is 2.56. The predicted octanol–water partition coefficient (Wildman–Crippen LogP) is 2.19. The van der Waals surface area contributed by atoms with Crippen molar-refractivity contribution in [2.24, 2.45) is 0 Å². The molecule has 0 heterocycles. The van der Waals surface area contributed by atoms with Crippen molar-refractivity contribution >= 4 is 28.2 Å². The van der Waals surface area contributed by atoms with Gasteiger partial charge in [0.2, 0.25) is 0 Å². The van der Waals surface area contributed by atoms with Gasteiger partial charge in [-0.25, -0.2) is 9.52 Å². The van der Waals surface area contributed by atoms with E-state index in [1.165, 1.54) is 0 Å². The maximum atomic E-state index is 12.4. The summed E-state index contributed by atoms with van der Waals surface area (Å²) in [5.41, 5.74) is -1.12. The number of esters is 2. The number of carbonyl (C=O) groups excluding carboxylic acids is 3. The molecule has 31 heavy (non-hydrogen) atoms. The fourth-order valence-electron chi connectivity index (χ4n) is 2.17. The van der Waals surface area contributed by atoms with Crippen LogP contribution in [0, 0.1) is 0 Å². The van der Waals surface area contributed by atoms with Gasteiger partial charge in [-0.15, -0.1) is 0 Å². The van der Waals surface area contributed by atoms with E-state index in [0.29, 0.717) is 5.56 Å². The van der Waals surface area contributed by atoms with Crippen LogP contribution in [0.5, 0.6) is 0 Å². The molecule has 174 valence electrons. The first-order chi connectivity index (χ1) is 14.1. The van der Waals surface area contributed by atoms with Gasteiger partial charge in [0.15, 0.2) is 0 Å². The number of amides is 1. The van der Waals surface area contributed by atoms with Crippen molar-refractivity contribution in [3.63, 3.8) is 0 Å². The third kappa shape index (κ3) is 11.9. The van der Waals surface area contributed by atoms with Crippen LogP contribution in [0.3, 0.4) is 0 Å². The lowest BCUT2D eigenvalue weighted by Gasteiger charge is -2.25. The molecule has 10 nitrogen and oxygen atoms in total. The standard InChI is InChI=1S/C20H30N2O8S/c1-19(2,3)29-16(23)12-15(17(24)30-20(4,5)6)21-31(26,27)22-18(25)28-13-14-10-8-7-9-11-14/h7-11,15,21H,12-13H2,1-6H3,(H,22,25)/t15-/m0/s1. The van der Waals surface area contributed by atoms with Gasteiger partial charge in [0.25, 0.3) is 0 Å². The molecule has 0 aliphatic carbocycles. The summed E-state index contributed by atoms with van der Waals surface area (Å²) in [6.45, 7) is 9.48. The van der Waals surface area contributed by atoms with E-state index < -0.39 is 51.9 Å². The van der Waals surface area contributed by atoms with Crippen molar-refractivity contribution in [2.75, 3.05) is 0 Å². The van der Waals surface area contributed by atoms with Gasteiger partial charge >= 0.3 is 28.2 Å². The van der Waals surface area contributed by atoms with Crippen LogP contribution in [0.25, 0.3) is 0 Å². The summed E-state index contributed by atoms with van der Waals surface area (Å²) < 4.78 is 43.4. The van der Waals surface area contributed by atoms with Gasteiger partial charge in [0.1, 0.15) is 23.9 Å². The largest absolute Gasteiger partial charge is 0.460 e. The Morgan fingerprint density at radius 3 is 2.00 bits per heavy atom. The molecule has 0 radical (unpaired) electrons. The van der Waals surface area contributed by atoms with E-state index in [4.69, 9.17) is 14.2 Å². The van der Waals surface area contributed by atoms with Crippen LogP contribution < -0.4 is 9.44 Å². The Kier molecular flexibility index (Phi) is 9.00. The lowest BCUT2D eigenvalue weighted by molar-refractivity contribution is -0.164. The second-order valence-electron chi connectivity index (χ2n) is 8.66. The molecule has 1 atom stereocenters. The number of carbonyl (C=O) groups is 3. The van der Waals surface area contributed by atoms with Crippen LogP contribution in [-0.4, -0.2) is 43.7 Å². The molecule has 0 saturated heterocycles. The molecule has 1 aromatic rings. The van der Waals surface area contributed by atoms with E-state index in [1.807, 2.05) is 4.72 Å². The number of nitrogens with one attached hydrogen (secondary N) is 2. The van der Waals surface area contributed by atoms with E-state index in [2.05, 4.69) is 0 Å². The lowest BCUT2D eigenvalue weighted by Crippen LogP contribution is -2.50. The Balaban J connectivity index is 2.82. The van der Waals surface area contributed by atoms with Crippen LogP contribution in [0.15, 0.2) is 30.3 Å². The third-order valence-electron chi connectivity index (χ3n) is 3.21. The molecule has 1 rings (SSSR count). The normalized spacial score (nSPS) is 13.1. The molecule has 0 aliphatic rings. The van der Waals surface area contributed by atoms with E-state index in [-0.39, 0.29) is 6.61 Å². The van der Waals surface area contributed by atoms with Crippen LogP contribution in [0.2, 0.25) is 0 Å². The first-order valence-electron chi connectivity index (χ1n) is 9.52. The Morgan fingerprint density at radius 2 is 1.48 bits per heavy atom. The summed E-state index contributed by atoms with van der Waals surface area (Å²) >= 11 is 0. The van der Waals surface area contributed by atoms with Crippen molar-refractivity contribution in [1.82, 2.24) is 9.44 Å². The molecule has 0 spiro atoms. The Bertz CT molecular complexity index is 871. The quantitative estimate of drug-likeness (QED) is 0.447. The van der Waals surface area contributed by atoms with Gasteiger partial charge in [-0.2, -0.15) is 13.1 Å². The minimum absolute atomic E-state index is 0.157. The summed E-state index contributed by atoms with van der Waals surface area (Å²) in [7, 11) is -4.56. The highest BCUT2D eigenvalue weighted by molar-refractivity contribution is 7.88. The van der Waals surface area contributed by atoms with Gasteiger partial charge in [-0.3, -0.25) is 9.59 Å². The average molecular weight is 459 g/mol. The minimum Gasteiger partial charge on any atom is -0.460 e. The predicted molar refractivity (Wildman–Crippen MR) is 112 cm³/mol. The third-order valence-corrected chi connectivity index (χ3v) is 4.24. The van der Waals surface area contributed by atoms with Gasteiger partial charge in [-0.05, 0) is 47.1 Å². The Labute approximate surface area is 182 Å². The lowest BCUT2D eigenvalue weighted by atomic mass is 10.1. The Hall–Kier alpha value is -2.66. The highest BCUT2D eigenvalue weighted by atomic mass is 32.2.